The molecular weight excluding hydrogens is 383 g/mol. The number of halogens is 1. The molecule has 0 spiro atoms. The van der Waals surface area contributed by atoms with Gasteiger partial charge in [0.15, 0.2) is 0 Å². The van der Waals surface area contributed by atoms with E-state index in [0.717, 1.165) is 36.1 Å². The molecule has 0 radical (unpaired) electrons. The van der Waals surface area contributed by atoms with Crippen molar-refractivity contribution in [3.8, 4) is 5.75 Å². The number of ether oxygens (including phenoxy) is 1. The summed E-state index contributed by atoms with van der Waals surface area (Å²) >= 11 is 0. The molecule has 1 aliphatic heterocycles. The molecule has 0 N–H and O–H groups in total. The van der Waals surface area contributed by atoms with Gasteiger partial charge in [-0.05, 0) is 43.0 Å². The van der Waals surface area contributed by atoms with Gasteiger partial charge < -0.3 is 14.1 Å². The lowest BCUT2D eigenvalue weighted by molar-refractivity contribution is -0.135. The second kappa shape index (κ2) is 9.11. The fourth-order valence-electron chi connectivity index (χ4n) is 3.96. The molecule has 5 nitrogen and oxygen atoms in total. The summed E-state index contributed by atoms with van der Waals surface area (Å²) in [6, 6.07) is 13.8. The average molecular weight is 408 g/mol. The molecule has 3 aromatic rings. The Hall–Kier alpha value is -3.15. The first-order valence-corrected chi connectivity index (χ1v) is 10.2. The summed E-state index contributed by atoms with van der Waals surface area (Å²) in [5.41, 5.74) is 1.82. The van der Waals surface area contributed by atoms with Crippen molar-refractivity contribution in [2.24, 2.45) is 0 Å². The van der Waals surface area contributed by atoms with E-state index in [-0.39, 0.29) is 24.2 Å². The lowest BCUT2D eigenvalue weighted by Gasteiger charge is -2.34. The highest BCUT2D eigenvalue weighted by molar-refractivity contribution is 5.80. The number of aromatic nitrogens is 1. The van der Waals surface area contributed by atoms with Gasteiger partial charge in [-0.25, -0.2) is 9.37 Å². The highest BCUT2D eigenvalue weighted by atomic mass is 19.1. The number of methoxy groups -OCH3 is 1. The summed E-state index contributed by atoms with van der Waals surface area (Å²) in [5.74, 6) is 1.78. The third kappa shape index (κ3) is 4.53. The van der Waals surface area contributed by atoms with Gasteiger partial charge in [0.1, 0.15) is 23.4 Å². The first-order chi connectivity index (χ1) is 14.6. The molecule has 0 saturated carbocycles. The normalized spacial score (nSPS) is 16.5. The van der Waals surface area contributed by atoms with Crippen LogP contribution in [0.1, 0.15) is 48.1 Å². The number of rotatable bonds is 6. The van der Waals surface area contributed by atoms with Crippen LogP contribution < -0.4 is 4.74 Å². The van der Waals surface area contributed by atoms with E-state index in [1.807, 2.05) is 29.2 Å². The van der Waals surface area contributed by atoms with Crippen LogP contribution in [0.25, 0.3) is 0 Å². The third-order valence-corrected chi connectivity index (χ3v) is 5.51. The van der Waals surface area contributed by atoms with Crippen LogP contribution in [0.4, 0.5) is 4.39 Å². The fraction of sp³-hybridized carbons (Fsp3) is 0.333. The van der Waals surface area contributed by atoms with Gasteiger partial charge >= 0.3 is 0 Å². The van der Waals surface area contributed by atoms with Crippen molar-refractivity contribution in [2.45, 2.75) is 38.1 Å². The summed E-state index contributed by atoms with van der Waals surface area (Å²) in [6.07, 6.45) is 5.35. The zero-order valence-corrected chi connectivity index (χ0v) is 17.0. The van der Waals surface area contributed by atoms with Crippen molar-refractivity contribution in [3.63, 3.8) is 0 Å². The number of carbonyl (C=O) groups excluding carboxylic acids is 1. The molecule has 1 amide bonds. The van der Waals surface area contributed by atoms with Gasteiger partial charge in [0.2, 0.25) is 11.8 Å². The Morgan fingerprint density at radius 2 is 2.00 bits per heavy atom. The number of hydrogen-bond acceptors (Lipinski definition) is 4. The van der Waals surface area contributed by atoms with Gasteiger partial charge in [-0.3, -0.25) is 4.79 Å². The molecule has 2 heterocycles. The van der Waals surface area contributed by atoms with Crippen LogP contribution in [0.15, 0.2) is 59.1 Å². The minimum atomic E-state index is -0.261. The van der Waals surface area contributed by atoms with Crippen molar-refractivity contribution in [2.75, 3.05) is 13.7 Å². The molecule has 0 bridgehead atoms. The molecule has 1 aliphatic rings. The summed E-state index contributed by atoms with van der Waals surface area (Å²) in [4.78, 5) is 19.5. The number of likely N-dealkylation sites (tertiary alicyclic amines) is 1. The van der Waals surface area contributed by atoms with Crippen molar-refractivity contribution in [1.82, 2.24) is 9.88 Å². The number of benzene rings is 2. The highest BCUT2D eigenvalue weighted by Crippen LogP contribution is 2.32. The topological polar surface area (TPSA) is 55.6 Å². The molecular formula is C24H25FN2O3. The van der Waals surface area contributed by atoms with Crippen LogP contribution in [-0.4, -0.2) is 29.4 Å². The minimum Gasteiger partial charge on any atom is -0.496 e. The Kier molecular flexibility index (Phi) is 6.12. The van der Waals surface area contributed by atoms with E-state index in [9.17, 15) is 9.18 Å². The van der Waals surface area contributed by atoms with Crippen molar-refractivity contribution in [3.05, 3.63) is 83.3 Å². The number of oxazole rings is 1. The Morgan fingerprint density at radius 3 is 2.80 bits per heavy atom. The first kappa shape index (κ1) is 20.1. The summed E-state index contributed by atoms with van der Waals surface area (Å²) < 4.78 is 24.5. The summed E-state index contributed by atoms with van der Waals surface area (Å²) in [7, 11) is 1.61. The molecule has 1 fully saturated rings. The number of amides is 1. The Bertz CT molecular complexity index is 1000. The number of para-hydroxylation sites is 1. The standard InChI is InChI=1S/C24H25FN2O3/c1-29-22-8-3-2-6-18(22)15-23(28)27-13-5-4-7-21(27)24-26-16-20(30-24)14-17-9-11-19(25)12-10-17/h2-3,6,8-12,16,21H,4-5,7,13-15H2,1H3/t21-/m1/s1. The van der Waals surface area contributed by atoms with E-state index in [2.05, 4.69) is 4.98 Å². The van der Waals surface area contributed by atoms with Crippen molar-refractivity contribution < 1.29 is 18.3 Å². The second-order valence-electron chi connectivity index (χ2n) is 7.56. The van der Waals surface area contributed by atoms with E-state index in [1.165, 1.54) is 12.1 Å². The average Bonchev–Trinajstić information content (AvgIpc) is 3.24. The number of hydrogen-bond donors (Lipinski definition) is 0. The van der Waals surface area contributed by atoms with Gasteiger partial charge in [-0.15, -0.1) is 0 Å². The minimum absolute atomic E-state index is 0.0440. The fourth-order valence-corrected chi connectivity index (χ4v) is 3.96. The monoisotopic (exact) mass is 408 g/mol. The van der Waals surface area contributed by atoms with E-state index in [4.69, 9.17) is 9.15 Å². The molecule has 30 heavy (non-hydrogen) atoms. The molecule has 1 atom stereocenters. The van der Waals surface area contributed by atoms with Crippen molar-refractivity contribution in [1.29, 1.82) is 0 Å². The Morgan fingerprint density at radius 1 is 1.20 bits per heavy atom. The Balaban J connectivity index is 1.49. The largest absolute Gasteiger partial charge is 0.496 e. The van der Waals surface area contributed by atoms with Gasteiger partial charge in [0.25, 0.3) is 0 Å². The van der Waals surface area contributed by atoms with Crippen molar-refractivity contribution >= 4 is 5.91 Å². The van der Waals surface area contributed by atoms with Gasteiger partial charge in [-0.2, -0.15) is 0 Å². The SMILES string of the molecule is COc1ccccc1CC(=O)N1CCCC[C@@H]1c1ncc(Cc2ccc(F)cc2)o1. The molecule has 156 valence electrons. The molecule has 2 aromatic carbocycles. The molecule has 6 heteroatoms. The van der Waals surface area contributed by atoms with E-state index in [1.54, 1.807) is 25.4 Å². The maximum atomic E-state index is 13.1. The smallest absolute Gasteiger partial charge is 0.227 e. The van der Waals surface area contributed by atoms with Gasteiger partial charge in [0, 0.05) is 18.5 Å². The maximum Gasteiger partial charge on any atom is 0.227 e. The molecule has 1 saturated heterocycles. The molecule has 1 aromatic heterocycles. The predicted octanol–water partition coefficient (Wildman–Crippen LogP) is 4.71. The predicted molar refractivity (Wildman–Crippen MR) is 111 cm³/mol. The van der Waals surface area contributed by atoms with E-state index < -0.39 is 0 Å². The molecule has 0 aliphatic carbocycles. The maximum absolute atomic E-state index is 13.1. The van der Waals surface area contributed by atoms with Gasteiger partial charge in [-0.1, -0.05) is 30.3 Å². The lowest BCUT2D eigenvalue weighted by atomic mass is 10.0. The summed E-state index contributed by atoms with van der Waals surface area (Å²) in [6.45, 7) is 0.689. The Labute approximate surface area is 175 Å². The van der Waals surface area contributed by atoms with Crippen LogP contribution in [-0.2, 0) is 17.6 Å². The number of nitrogens with zero attached hydrogens (tertiary/aromatic N) is 2. The first-order valence-electron chi connectivity index (χ1n) is 10.2. The number of piperidine rings is 1. The van der Waals surface area contributed by atoms with E-state index in [0.29, 0.717) is 24.6 Å². The van der Waals surface area contributed by atoms with Crippen LogP contribution >= 0.6 is 0 Å². The number of carbonyl (C=O) groups is 1. The highest BCUT2D eigenvalue weighted by Gasteiger charge is 2.31. The molecule has 0 unspecified atom stereocenters. The van der Waals surface area contributed by atoms with Crippen LogP contribution in [0.2, 0.25) is 0 Å². The summed E-state index contributed by atoms with van der Waals surface area (Å²) in [5, 5.41) is 0. The lowest BCUT2D eigenvalue weighted by Crippen LogP contribution is -2.39. The van der Waals surface area contributed by atoms with Crippen LogP contribution in [0.5, 0.6) is 5.75 Å². The van der Waals surface area contributed by atoms with Crippen LogP contribution in [0.3, 0.4) is 0 Å². The third-order valence-electron chi connectivity index (χ3n) is 5.51. The van der Waals surface area contributed by atoms with Crippen LogP contribution in [0, 0.1) is 5.82 Å². The van der Waals surface area contributed by atoms with E-state index >= 15 is 0 Å². The zero-order chi connectivity index (χ0) is 20.9. The quantitative estimate of drug-likeness (QED) is 0.593. The zero-order valence-electron chi connectivity index (χ0n) is 17.0. The second-order valence-corrected chi connectivity index (χ2v) is 7.56. The molecule has 4 rings (SSSR count). The van der Waals surface area contributed by atoms with Gasteiger partial charge in [0.05, 0.1) is 19.7 Å².